The summed E-state index contributed by atoms with van der Waals surface area (Å²) in [7, 11) is 0. The Morgan fingerprint density at radius 3 is 2.14 bits per heavy atom. The molecule has 2 aromatic rings. The van der Waals surface area contributed by atoms with Gasteiger partial charge in [-0.15, -0.1) is 18.2 Å². The van der Waals surface area contributed by atoms with E-state index in [1.54, 1.807) is 0 Å². The van der Waals surface area contributed by atoms with Crippen LogP contribution in [0.4, 0.5) is 0 Å². The van der Waals surface area contributed by atoms with Gasteiger partial charge >= 0.3 is 17.1 Å². The number of aryl methyl sites for hydroxylation is 1. The number of rotatable bonds is 1. The molecule has 1 heteroatoms. The zero-order valence-corrected chi connectivity index (χ0v) is 9.36. The molecule has 0 heterocycles. The standard InChI is InChI=1S/C8H9.C5H5.Fe/c1-3-8-6-4-5-7(8)2;1-2-4-5-3-1;/h3-6H,1H2,2H3;1-5H;/q2*-1;+2. The molecule has 0 bridgehead atoms. The Bertz CT molecular complexity index is 311. The molecular weight excluding hydrogens is 212 g/mol. The Labute approximate surface area is 96.5 Å². The Balaban J connectivity index is 0.000000246. The molecule has 0 radical (unpaired) electrons. The van der Waals surface area contributed by atoms with E-state index in [0.29, 0.717) is 0 Å². The van der Waals surface area contributed by atoms with Gasteiger partial charge in [0.05, 0.1) is 0 Å². The van der Waals surface area contributed by atoms with E-state index in [1.807, 2.05) is 42.5 Å². The topological polar surface area (TPSA) is 0 Å². The van der Waals surface area contributed by atoms with Gasteiger partial charge in [0, 0.05) is 0 Å². The molecule has 0 aromatic heterocycles. The van der Waals surface area contributed by atoms with Crippen molar-refractivity contribution in [3.63, 3.8) is 0 Å². The molecule has 0 N–H and O–H groups in total. The average molecular weight is 226 g/mol. The largest absolute Gasteiger partial charge is 2.00 e. The van der Waals surface area contributed by atoms with Crippen molar-refractivity contribution in [2.75, 3.05) is 0 Å². The van der Waals surface area contributed by atoms with Gasteiger partial charge in [-0.25, -0.2) is 12.1 Å². The minimum absolute atomic E-state index is 0. The summed E-state index contributed by atoms with van der Waals surface area (Å²) in [5.74, 6) is 0. The van der Waals surface area contributed by atoms with Crippen molar-refractivity contribution in [3.8, 4) is 0 Å². The molecule has 0 aliphatic rings. The second kappa shape index (κ2) is 7.37. The summed E-state index contributed by atoms with van der Waals surface area (Å²) >= 11 is 0. The molecule has 2 aromatic carbocycles. The van der Waals surface area contributed by atoms with E-state index in [9.17, 15) is 0 Å². The first-order chi connectivity index (χ1) is 6.34. The van der Waals surface area contributed by atoms with Crippen LogP contribution in [0.15, 0.2) is 55.1 Å². The molecule has 0 aliphatic heterocycles. The van der Waals surface area contributed by atoms with Crippen LogP contribution in [-0.2, 0) is 17.1 Å². The third-order valence-corrected chi connectivity index (χ3v) is 1.85. The Hall–Kier alpha value is -1.04. The maximum atomic E-state index is 3.66. The van der Waals surface area contributed by atoms with Crippen molar-refractivity contribution in [1.82, 2.24) is 0 Å². The maximum absolute atomic E-state index is 3.66. The van der Waals surface area contributed by atoms with E-state index in [4.69, 9.17) is 0 Å². The van der Waals surface area contributed by atoms with Gasteiger partial charge in [-0.1, -0.05) is 6.92 Å². The first-order valence-electron chi connectivity index (χ1n) is 4.36. The molecule has 0 nitrogen and oxygen atoms in total. The van der Waals surface area contributed by atoms with Gasteiger partial charge in [-0.05, 0) is 0 Å². The van der Waals surface area contributed by atoms with Crippen LogP contribution in [0.2, 0.25) is 0 Å². The van der Waals surface area contributed by atoms with E-state index in [-0.39, 0.29) is 17.1 Å². The second-order valence-corrected chi connectivity index (χ2v) is 2.83. The van der Waals surface area contributed by atoms with Crippen LogP contribution < -0.4 is 0 Å². The number of hydrogen-bond acceptors (Lipinski definition) is 0. The molecular formula is C13H14Fe. The summed E-state index contributed by atoms with van der Waals surface area (Å²) in [6, 6.07) is 16.2. The van der Waals surface area contributed by atoms with E-state index in [1.165, 1.54) is 11.1 Å². The average Bonchev–Trinajstić information content (AvgIpc) is 2.76. The summed E-state index contributed by atoms with van der Waals surface area (Å²) in [6.07, 6.45) is 1.87. The summed E-state index contributed by atoms with van der Waals surface area (Å²) in [5, 5.41) is 0. The first kappa shape index (κ1) is 13.0. The van der Waals surface area contributed by atoms with Crippen molar-refractivity contribution < 1.29 is 17.1 Å². The van der Waals surface area contributed by atoms with Crippen molar-refractivity contribution in [1.29, 1.82) is 0 Å². The molecule has 0 saturated heterocycles. The maximum Gasteiger partial charge on any atom is 2.00 e. The molecule has 0 unspecified atom stereocenters. The summed E-state index contributed by atoms with van der Waals surface area (Å²) < 4.78 is 0. The fourth-order valence-corrected chi connectivity index (χ4v) is 1.07. The van der Waals surface area contributed by atoms with Gasteiger partial charge in [0.25, 0.3) is 0 Å². The Kier molecular flexibility index (Phi) is 6.82. The predicted octanol–water partition coefficient (Wildman–Crippen LogP) is 3.76. The SMILES string of the molecule is C=Cc1ccc[c-]1C.[Fe+2].c1cc[cH-]c1. The fraction of sp³-hybridized carbons (Fsp3) is 0.0769. The van der Waals surface area contributed by atoms with E-state index >= 15 is 0 Å². The van der Waals surface area contributed by atoms with Crippen molar-refractivity contribution in [3.05, 3.63) is 66.2 Å². The van der Waals surface area contributed by atoms with Crippen molar-refractivity contribution in [2.45, 2.75) is 6.92 Å². The summed E-state index contributed by atoms with van der Waals surface area (Å²) in [4.78, 5) is 0. The van der Waals surface area contributed by atoms with Crippen LogP contribution in [0.5, 0.6) is 0 Å². The van der Waals surface area contributed by atoms with E-state index in [2.05, 4.69) is 25.6 Å². The normalized spacial score (nSPS) is 8.07. The van der Waals surface area contributed by atoms with Gasteiger partial charge in [0.2, 0.25) is 0 Å². The molecule has 0 aliphatic carbocycles. The Morgan fingerprint density at radius 1 is 1.29 bits per heavy atom. The number of hydrogen-bond donors (Lipinski definition) is 0. The van der Waals surface area contributed by atoms with E-state index in [0.717, 1.165) is 0 Å². The van der Waals surface area contributed by atoms with Crippen LogP contribution in [0, 0.1) is 6.92 Å². The molecule has 14 heavy (non-hydrogen) atoms. The summed E-state index contributed by atoms with van der Waals surface area (Å²) in [6.45, 7) is 5.74. The van der Waals surface area contributed by atoms with E-state index < -0.39 is 0 Å². The van der Waals surface area contributed by atoms with Crippen LogP contribution in [0.25, 0.3) is 6.08 Å². The van der Waals surface area contributed by atoms with Crippen LogP contribution in [-0.4, -0.2) is 0 Å². The zero-order chi connectivity index (χ0) is 9.52. The second-order valence-electron chi connectivity index (χ2n) is 2.83. The third kappa shape index (κ3) is 4.27. The van der Waals surface area contributed by atoms with Crippen LogP contribution in [0.1, 0.15) is 11.1 Å². The van der Waals surface area contributed by atoms with Gasteiger partial charge in [-0.3, -0.25) is 0 Å². The first-order valence-corrected chi connectivity index (χ1v) is 4.36. The molecule has 2 rings (SSSR count). The molecule has 0 fully saturated rings. The molecule has 74 valence electrons. The van der Waals surface area contributed by atoms with Crippen molar-refractivity contribution in [2.24, 2.45) is 0 Å². The predicted molar refractivity (Wildman–Crippen MR) is 58.9 cm³/mol. The molecule has 0 atom stereocenters. The van der Waals surface area contributed by atoms with Gasteiger partial charge in [0.1, 0.15) is 0 Å². The minimum Gasteiger partial charge on any atom is -0.214 e. The quantitative estimate of drug-likeness (QED) is 0.513. The molecule has 0 saturated carbocycles. The van der Waals surface area contributed by atoms with Gasteiger partial charge in [0.15, 0.2) is 0 Å². The van der Waals surface area contributed by atoms with Crippen molar-refractivity contribution >= 4 is 6.08 Å². The fourth-order valence-electron chi connectivity index (χ4n) is 1.07. The van der Waals surface area contributed by atoms with Crippen LogP contribution in [0.3, 0.4) is 0 Å². The summed E-state index contributed by atoms with van der Waals surface area (Å²) in [5.41, 5.74) is 2.55. The minimum atomic E-state index is 0. The molecule has 0 amide bonds. The zero-order valence-electron chi connectivity index (χ0n) is 8.26. The van der Waals surface area contributed by atoms with Gasteiger partial charge in [-0.2, -0.15) is 42.0 Å². The third-order valence-electron chi connectivity index (χ3n) is 1.85. The van der Waals surface area contributed by atoms with Gasteiger partial charge < -0.3 is 0 Å². The molecule has 0 spiro atoms. The monoisotopic (exact) mass is 226 g/mol. The van der Waals surface area contributed by atoms with Crippen LogP contribution >= 0.6 is 0 Å². The Morgan fingerprint density at radius 2 is 1.93 bits per heavy atom. The smallest absolute Gasteiger partial charge is 0.214 e.